The molecule has 1 aromatic heterocycles. The second-order valence-corrected chi connectivity index (χ2v) is 7.70. The van der Waals surface area contributed by atoms with E-state index in [-0.39, 0.29) is 0 Å². The average molecular weight is 375 g/mol. The molecule has 0 spiro atoms. The van der Waals surface area contributed by atoms with Crippen molar-refractivity contribution in [3.05, 3.63) is 121 Å². The van der Waals surface area contributed by atoms with Crippen LogP contribution in [0, 0.1) is 5.92 Å². The first-order chi connectivity index (χ1) is 14.3. The van der Waals surface area contributed by atoms with Gasteiger partial charge in [0, 0.05) is 24.9 Å². The highest BCUT2D eigenvalue weighted by atomic mass is 15.0. The molecular weight excluding hydrogens is 352 g/mol. The molecule has 0 aliphatic rings. The van der Waals surface area contributed by atoms with Crippen LogP contribution < -0.4 is 0 Å². The van der Waals surface area contributed by atoms with Crippen molar-refractivity contribution in [1.29, 1.82) is 0 Å². The molecule has 1 radical (unpaired) electrons. The molecule has 0 fully saturated rings. The van der Waals surface area contributed by atoms with Crippen molar-refractivity contribution in [1.82, 2.24) is 9.55 Å². The minimum atomic E-state index is 0.889. The molecule has 0 saturated heterocycles. The standard InChI is InChI=1S/C27H23N2/c1-3-7-26-17-21(9-11-24(26)5-1)15-23(19-29-14-13-28-20-29)16-22-10-12-25-6-2-4-8-27(25)18-22/h1-14,17-18,20H,15-16,19H2. The first kappa shape index (κ1) is 17.7. The fourth-order valence-electron chi connectivity index (χ4n) is 4.09. The van der Waals surface area contributed by atoms with Gasteiger partial charge in [0.25, 0.3) is 0 Å². The van der Waals surface area contributed by atoms with Crippen molar-refractivity contribution >= 4 is 21.5 Å². The van der Waals surface area contributed by atoms with Crippen molar-refractivity contribution in [3.63, 3.8) is 0 Å². The zero-order chi connectivity index (χ0) is 19.5. The molecule has 0 aliphatic heterocycles. The Hall–Kier alpha value is -3.39. The minimum Gasteiger partial charge on any atom is -0.337 e. The molecule has 4 aromatic carbocycles. The van der Waals surface area contributed by atoms with E-state index in [1.165, 1.54) is 38.6 Å². The Labute approximate surface area is 171 Å². The molecule has 141 valence electrons. The van der Waals surface area contributed by atoms with Gasteiger partial charge in [-0.15, -0.1) is 0 Å². The quantitative estimate of drug-likeness (QED) is 0.343. The molecule has 1 heterocycles. The van der Waals surface area contributed by atoms with E-state index in [2.05, 4.69) is 94.5 Å². The highest BCUT2D eigenvalue weighted by molar-refractivity contribution is 5.83. The third kappa shape index (κ3) is 4.07. The molecule has 0 saturated carbocycles. The molecule has 0 aliphatic carbocycles. The summed E-state index contributed by atoms with van der Waals surface area (Å²) in [5.41, 5.74) is 2.72. The number of nitrogens with zero attached hydrogens (tertiary/aromatic N) is 2. The summed E-state index contributed by atoms with van der Waals surface area (Å²) < 4.78 is 2.16. The zero-order valence-electron chi connectivity index (χ0n) is 16.3. The van der Waals surface area contributed by atoms with Gasteiger partial charge in [-0.1, -0.05) is 84.9 Å². The Morgan fingerprint density at radius 2 is 1.21 bits per heavy atom. The molecular formula is C27H23N2. The van der Waals surface area contributed by atoms with Gasteiger partial charge < -0.3 is 4.57 Å². The Balaban J connectivity index is 1.43. The Morgan fingerprint density at radius 1 is 0.655 bits per heavy atom. The van der Waals surface area contributed by atoms with E-state index in [4.69, 9.17) is 0 Å². The lowest BCUT2D eigenvalue weighted by Gasteiger charge is -2.18. The first-order valence-corrected chi connectivity index (χ1v) is 10.1. The van der Waals surface area contributed by atoms with Gasteiger partial charge in [-0.3, -0.25) is 0 Å². The van der Waals surface area contributed by atoms with Crippen molar-refractivity contribution in [2.45, 2.75) is 19.4 Å². The maximum Gasteiger partial charge on any atom is 0.0946 e. The highest BCUT2D eigenvalue weighted by Gasteiger charge is 2.13. The van der Waals surface area contributed by atoms with Gasteiger partial charge in [-0.05, 0) is 45.5 Å². The van der Waals surface area contributed by atoms with Crippen LogP contribution >= 0.6 is 0 Å². The van der Waals surface area contributed by atoms with E-state index >= 15 is 0 Å². The van der Waals surface area contributed by atoms with Crippen molar-refractivity contribution in [2.75, 3.05) is 0 Å². The lowest BCUT2D eigenvalue weighted by Crippen LogP contribution is -2.13. The van der Waals surface area contributed by atoms with Gasteiger partial charge in [0.2, 0.25) is 0 Å². The minimum absolute atomic E-state index is 0.889. The summed E-state index contributed by atoms with van der Waals surface area (Å²) in [5.74, 6) is 1.48. The maximum atomic E-state index is 4.22. The Kier molecular flexibility index (Phi) is 4.83. The summed E-state index contributed by atoms with van der Waals surface area (Å²) in [6.45, 7) is 0.889. The van der Waals surface area contributed by atoms with Crippen LogP contribution in [0.15, 0.2) is 104 Å². The Bertz CT molecular complexity index is 1160. The lowest BCUT2D eigenvalue weighted by molar-refractivity contribution is 0.649. The third-order valence-electron chi connectivity index (χ3n) is 5.50. The molecule has 5 aromatic rings. The van der Waals surface area contributed by atoms with Gasteiger partial charge in [-0.25, -0.2) is 4.98 Å². The van der Waals surface area contributed by atoms with Gasteiger partial charge in [0.05, 0.1) is 6.33 Å². The summed E-state index contributed by atoms with van der Waals surface area (Å²) in [7, 11) is 0. The summed E-state index contributed by atoms with van der Waals surface area (Å²) >= 11 is 0. The molecule has 0 unspecified atom stereocenters. The summed E-state index contributed by atoms with van der Waals surface area (Å²) in [6, 6.07) is 30.8. The van der Waals surface area contributed by atoms with Crippen LogP contribution in [0.4, 0.5) is 0 Å². The van der Waals surface area contributed by atoms with Crippen LogP contribution in [0.1, 0.15) is 11.1 Å². The first-order valence-electron chi connectivity index (χ1n) is 10.1. The predicted octanol–water partition coefficient (Wildman–Crippen LogP) is 6.25. The summed E-state index contributed by atoms with van der Waals surface area (Å²) in [5, 5.41) is 5.19. The fourth-order valence-corrected chi connectivity index (χ4v) is 4.09. The largest absolute Gasteiger partial charge is 0.337 e. The van der Waals surface area contributed by atoms with E-state index in [9.17, 15) is 0 Å². The number of hydrogen-bond acceptors (Lipinski definition) is 1. The van der Waals surface area contributed by atoms with Crippen molar-refractivity contribution in [3.8, 4) is 0 Å². The van der Waals surface area contributed by atoms with Crippen LogP contribution in [-0.4, -0.2) is 9.55 Å². The molecule has 2 heteroatoms. The molecule has 29 heavy (non-hydrogen) atoms. The zero-order valence-corrected chi connectivity index (χ0v) is 16.3. The van der Waals surface area contributed by atoms with E-state index in [1.54, 1.807) is 0 Å². The molecule has 0 amide bonds. The van der Waals surface area contributed by atoms with Crippen LogP contribution in [-0.2, 0) is 19.4 Å². The molecule has 0 bridgehead atoms. The SMILES string of the molecule is c1ccc2cc(C[C](Cc3ccc4ccccc4c3)Cn3ccnc3)ccc2c1. The van der Waals surface area contributed by atoms with Crippen LogP contribution in [0.5, 0.6) is 0 Å². The number of benzene rings is 4. The average Bonchev–Trinajstić information content (AvgIpc) is 3.26. The molecule has 5 rings (SSSR count). The van der Waals surface area contributed by atoms with Crippen LogP contribution in [0.2, 0.25) is 0 Å². The number of hydrogen-bond donors (Lipinski definition) is 0. The normalized spacial score (nSPS) is 11.5. The summed E-state index contributed by atoms with van der Waals surface area (Å²) in [4.78, 5) is 4.22. The van der Waals surface area contributed by atoms with E-state index in [0.717, 1.165) is 19.4 Å². The van der Waals surface area contributed by atoms with E-state index < -0.39 is 0 Å². The van der Waals surface area contributed by atoms with Crippen LogP contribution in [0.25, 0.3) is 21.5 Å². The fraction of sp³-hybridized carbons (Fsp3) is 0.111. The molecule has 0 N–H and O–H groups in total. The molecule has 2 nitrogen and oxygen atoms in total. The maximum absolute atomic E-state index is 4.22. The summed E-state index contributed by atoms with van der Waals surface area (Å²) in [6.07, 6.45) is 7.73. The van der Waals surface area contributed by atoms with Gasteiger partial charge in [0.15, 0.2) is 0 Å². The van der Waals surface area contributed by atoms with E-state index in [0.29, 0.717) is 0 Å². The number of rotatable bonds is 6. The lowest BCUT2D eigenvalue weighted by atomic mass is 9.90. The second-order valence-electron chi connectivity index (χ2n) is 7.70. The van der Waals surface area contributed by atoms with E-state index in [1.807, 2.05) is 18.7 Å². The van der Waals surface area contributed by atoms with Crippen molar-refractivity contribution < 1.29 is 0 Å². The van der Waals surface area contributed by atoms with Crippen molar-refractivity contribution in [2.24, 2.45) is 0 Å². The second kappa shape index (κ2) is 7.92. The van der Waals surface area contributed by atoms with Gasteiger partial charge in [0.1, 0.15) is 0 Å². The Morgan fingerprint density at radius 3 is 1.72 bits per heavy atom. The highest BCUT2D eigenvalue weighted by Crippen LogP contribution is 2.24. The molecule has 0 atom stereocenters. The third-order valence-corrected chi connectivity index (χ3v) is 5.50. The predicted molar refractivity (Wildman–Crippen MR) is 121 cm³/mol. The van der Waals surface area contributed by atoms with Gasteiger partial charge in [-0.2, -0.15) is 0 Å². The van der Waals surface area contributed by atoms with Gasteiger partial charge >= 0.3 is 0 Å². The number of aromatic nitrogens is 2. The number of imidazole rings is 1. The number of fused-ring (bicyclic) bond motifs is 2. The monoisotopic (exact) mass is 375 g/mol. The topological polar surface area (TPSA) is 17.8 Å². The smallest absolute Gasteiger partial charge is 0.0946 e. The van der Waals surface area contributed by atoms with Crippen LogP contribution in [0.3, 0.4) is 0 Å².